The van der Waals surface area contributed by atoms with Gasteiger partial charge in [-0.15, -0.1) is 9.94 Å². The number of carbonyl (C=O) groups excluding carboxylic acids is 1. The number of nitrogens with zero attached hydrogens (tertiary/aromatic N) is 2. The van der Waals surface area contributed by atoms with Crippen LogP contribution in [0.3, 0.4) is 0 Å². The number of nitrogens with two attached hydrogens (primary N) is 1. The average molecular weight is 367 g/mol. The normalized spacial score (nSPS) is 20.9. The number of primary amides is 1. The van der Waals surface area contributed by atoms with Gasteiger partial charge in [0.15, 0.2) is 5.69 Å². The molecule has 0 bridgehead atoms. The topological polar surface area (TPSA) is 81.1 Å². The van der Waals surface area contributed by atoms with Crippen molar-refractivity contribution in [2.75, 3.05) is 0 Å². The van der Waals surface area contributed by atoms with Crippen LogP contribution in [-0.2, 0) is 11.0 Å². The van der Waals surface area contributed by atoms with Gasteiger partial charge in [-0.25, -0.2) is 0 Å². The predicted molar refractivity (Wildman–Crippen MR) is 88.4 cm³/mol. The number of hydrogen-bond acceptors (Lipinski definition) is 3. The Morgan fingerprint density at radius 1 is 1.19 bits per heavy atom. The van der Waals surface area contributed by atoms with Crippen molar-refractivity contribution in [2.45, 2.75) is 44.2 Å². The van der Waals surface area contributed by atoms with E-state index in [0.717, 1.165) is 37.3 Å². The van der Waals surface area contributed by atoms with E-state index in [1.165, 1.54) is 0 Å². The molecule has 26 heavy (non-hydrogen) atoms. The summed E-state index contributed by atoms with van der Waals surface area (Å²) in [6, 6.07) is 7.94. The zero-order valence-electron chi connectivity index (χ0n) is 14.0. The Bertz CT molecular complexity index is 776. The van der Waals surface area contributed by atoms with Crippen LogP contribution in [0, 0.1) is 5.92 Å². The van der Waals surface area contributed by atoms with Crippen molar-refractivity contribution >= 4 is 5.91 Å². The molecule has 1 aromatic heterocycles. The molecule has 140 valence electrons. The largest absolute Gasteiger partial charge is 0.435 e. The summed E-state index contributed by atoms with van der Waals surface area (Å²) in [5.41, 5.74) is 5.67. The minimum Gasteiger partial charge on any atom is -0.411 e. The fourth-order valence-corrected chi connectivity index (χ4v) is 3.62. The van der Waals surface area contributed by atoms with Gasteiger partial charge < -0.3 is 10.9 Å². The van der Waals surface area contributed by atoms with Gasteiger partial charge in [0, 0.05) is 18.1 Å². The van der Waals surface area contributed by atoms with Crippen LogP contribution in [0.15, 0.2) is 30.3 Å². The van der Waals surface area contributed by atoms with Crippen molar-refractivity contribution in [3.8, 4) is 11.3 Å². The first-order valence-electron chi connectivity index (χ1n) is 8.49. The molecule has 0 spiro atoms. The Balaban J connectivity index is 1.70. The van der Waals surface area contributed by atoms with E-state index < -0.39 is 11.9 Å². The van der Waals surface area contributed by atoms with E-state index in [1.807, 2.05) is 12.1 Å². The number of rotatable bonds is 4. The Labute approximate surface area is 148 Å². The fourth-order valence-electron chi connectivity index (χ4n) is 3.62. The Morgan fingerprint density at radius 3 is 2.31 bits per heavy atom. The monoisotopic (exact) mass is 367 g/mol. The van der Waals surface area contributed by atoms with Gasteiger partial charge in [0.2, 0.25) is 5.91 Å². The highest BCUT2D eigenvalue weighted by Gasteiger charge is 2.35. The lowest BCUT2D eigenvalue weighted by atomic mass is 9.77. The van der Waals surface area contributed by atoms with Gasteiger partial charge in [0.25, 0.3) is 0 Å². The van der Waals surface area contributed by atoms with Gasteiger partial charge in [-0.05, 0) is 43.1 Å². The van der Waals surface area contributed by atoms with Crippen molar-refractivity contribution in [3.05, 3.63) is 41.6 Å². The standard InChI is InChI=1S/C18H20F3N3O2/c19-18(20,21)16-10-15(24(26)23-16)14-7-5-13(6-8-14)12-3-1-11(2-4-12)9-17(22)25/h5-8,10-12,26H,1-4,9H2,(H2,22,25). The van der Waals surface area contributed by atoms with Crippen LogP contribution >= 0.6 is 0 Å². The lowest BCUT2D eigenvalue weighted by Gasteiger charge is -2.28. The van der Waals surface area contributed by atoms with Crippen LogP contribution in [0.2, 0.25) is 0 Å². The molecule has 0 radical (unpaired) electrons. The van der Waals surface area contributed by atoms with Gasteiger partial charge in [0.05, 0.1) is 0 Å². The zero-order valence-corrected chi connectivity index (χ0v) is 14.0. The van der Waals surface area contributed by atoms with Crippen molar-refractivity contribution in [3.63, 3.8) is 0 Å². The second-order valence-electron chi connectivity index (χ2n) is 6.81. The summed E-state index contributed by atoms with van der Waals surface area (Å²) in [5, 5.41) is 12.7. The molecule has 1 aliphatic rings. The van der Waals surface area contributed by atoms with Crippen molar-refractivity contribution in [2.24, 2.45) is 11.7 Å². The molecule has 1 fully saturated rings. The summed E-state index contributed by atoms with van der Waals surface area (Å²) in [5.74, 6) is 0.433. The van der Waals surface area contributed by atoms with Crippen LogP contribution in [0.1, 0.15) is 49.3 Å². The third-order valence-electron chi connectivity index (χ3n) is 5.00. The summed E-state index contributed by atoms with van der Waals surface area (Å²) in [6.07, 6.45) is -0.401. The smallest absolute Gasteiger partial charge is 0.411 e. The van der Waals surface area contributed by atoms with E-state index >= 15 is 0 Å². The van der Waals surface area contributed by atoms with Crippen molar-refractivity contribution in [1.82, 2.24) is 9.94 Å². The number of hydrogen-bond donors (Lipinski definition) is 2. The van der Waals surface area contributed by atoms with E-state index in [2.05, 4.69) is 5.10 Å². The SMILES string of the molecule is NC(=O)CC1CCC(c2ccc(-c3cc(C(F)(F)F)nn3O)cc2)CC1. The fraction of sp³-hybridized carbons (Fsp3) is 0.444. The Morgan fingerprint density at radius 2 is 1.81 bits per heavy atom. The minimum absolute atomic E-state index is 0.00552. The second kappa shape index (κ2) is 7.01. The summed E-state index contributed by atoms with van der Waals surface area (Å²) in [4.78, 5) is 11.3. The Hall–Kier alpha value is -2.51. The maximum atomic E-state index is 12.7. The van der Waals surface area contributed by atoms with Crippen LogP contribution in [-0.4, -0.2) is 21.1 Å². The molecule has 8 heteroatoms. The molecule has 1 aliphatic carbocycles. The van der Waals surface area contributed by atoms with E-state index in [-0.39, 0.29) is 16.4 Å². The van der Waals surface area contributed by atoms with Crippen LogP contribution in [0.5, 0.6) is 0 Å². The van der Waals surface area contributed by atoms with Gasteiger partial charge in [0.1, 0.15) is 5.69 Å². The molecule has 3 rings (SSSR count). The van der Waals surface area contributed by atoms with E-state index in [4.69, 9.17) is 5.73 Å². The van der Waals surface area contributed by atoms with Crippen molar-refractivity contribution < 1.29 is 23.2 Å². The minimum atomic E-state index is -4.60. The molecule has 0 saturated heterocycles. The van der Waals surface area contributed by atoms with Gasteiger partial charge in [-0.1, -0.05) is 24.3 Å². The lowest BCUT2D eigenvalue weighted by molar-refractivity contribution is -0.142. The first-order valence-corrected chi connectivity index (χ1v) is 8.49. The molecular weight excluding hydrogens is 347 g/mol. The first-order chi connectivity index (χ1) is 12.2. The predicted octanol–water partition coefficient (Wildman–Crippen LogP) is 3.96. The third kappa shape index (κ3) is 4.00. The highest BCUT2D eigenvalue weighted by Crippen LogP contribution is 2.38. The average Bonchev–Trinajstić information content (AvgIpc) is 2.97. The zero-order chi connectivity index (χ0) is 18.9. The van der Waals surface area contributed by atoms with Crippen LogP contribution in [0.4, 0.5) is 13.2 Å². The molecule has 0 aliphatic heterocycles. The van der Waals surface area contributed by atoms with Gasteiger partial charge >= 0.3 is 6.18 Å². The Kier molecular flexibility index (Phi) is 4.93. The van der Waals surface area contributed by atoms with Gasteiger partial charge in [-0.2, -0.15) is 13.2 Å². The molecule has 5 nitrogen and oxygen atoms in total. The highest BCUT2D eigenvalue weighted by atomic mass is 19.4. The summed E-state index contributed by atoms with van der Waals surface area (Å²) >= 11 is 0. The number of benzene rings is 1. The van der Waals surface area contributed by atoms with E-state index in [1.54, 1.807) is 12.1 Å². The molecule has 3 N–H and O–H groups in total. The number of amides is 1. The maximum absolute atomic E-state index is 12.7. The lowest BCUT2D eigenvalue weighted by Crippen LogP contribution is -2.20. The number of alkyl halides is 3. The molecular formula is C18H20F3N3O2. The van der Waals surface area contributed by atoms with Crippen LogP contribution < -0.4 is 5.73 Å². The number of carbonyl (C=O) groups is 1. The summed E-state index contributed by atoms with van der Waals surface area (Å²) in [6.45, 7) is 0. The molecule has 0 atom stereocenters. The molecule has 2 aromatic rings. The molecule has 1 saturated carbocycles. The summed E-state index contributed by atoms with van der Waals surface area (Å²) in [7, 11) is 0. The highest BCUT2D eigenvalue weighted by molar-refractivity contribution is 5.74. The van der Waals surface area contributed by atoms with Crippen molar-refractivity contribution in [1.29, 1.82) is 0 Å². The summed E-state index contributed by atoms with van der Waals surface area (Å²) < 4.78 is 38.1. The van der Waals surface area contributed by atoms with E-state index in [9.17, 15) is 23.2 Å². The maximum Gasteiger partial charge on any atom is 0.435 e. The van der Waals surface area contributed by atoms with Gasteiger partial charge in [-0.3, -0.25) is 4.79 Å². The van der Waals surface area contributed by atoms with Crippen LogP contribution in [0.25, 0.3) is 11.3 Å². The second-order valence-corrected chi connectivity index (χ2v) is 6.81. The molecule has 1 aromatic carbocycles. The van der Waals surface area contributed by atoms with E-state index in [0.29, 0.717) is 23.8 Å². The number of aromatic nitrogens is 2. The number of halogens is 3. The molecule has 1 heterocycles. The quantitative estimate of drug-likeness (QED) is 0.803. The molecule has 1 amide bonds. The first kappa shape index (κ1) is 18.3. The molecule has 0 unspecified atom stereocenters. The third-order valence-corrected chi connectivity index (χ3v) is 5.00.